The van der Waals surface area contributed by atoms with Gasteiger partial charge in [-0.1, -0.05) is 0 Å². The van der Waals surface area contributed by atoms with E-state index in [4.69, 9.17) is 10.2 Å². The fourth-order valence-corrected chi connectivity index (χ4v) is 1.95. The van der Waals surface area contributed by atoms with Gasteiger partial charge >= 0.3 is 0 Å². The molecule has 2 aromatic heterocycles. The molecule has 0 aliphatic carbocycles. The number of furan rings is 1. The standard InChI is InChI=1S/C15H13N3O2/c1-9-4-5-17-8-12(9)18-15(19)14-7-10-6-11(16)2-3-13(10)20-14/h2-8H,16H2,1H3,(H,18,19). The third kappa shape index (κ3) is 2.21. The summed E-state index contributed by atoms with van der Waals surface area (Å²) in [6.45, 7) is 1.90. The van der Waals surface area contributed by atoms with Crippen LogP contribution in [0.4, 0.5) is 11.4 Å². The molecule has 0 atom stereocenters. The van der Waals surface area contributed by atoms with Crippen molar-refractivity contribution in [1.29, 1.82) is 0 Å². The second-order valence-electron chi connectivity index (χ2n) is 4.55. The maximum atomic E-state index is 12.2. The number of nitrogens with two attached hydrogens (primary N) is 1. The molecule has 0 bridgehead atoms. The van der Waals surface area contributed by atoms with Crippen LogP contribution in [-0.2, 0) is 0 Å². The minimum Gasteiger partial charge on any atom is -0.451 e. The lowest BCUT2D eigenvalue weighted by Gasteiger charge is -2.05. The van der Waals surface area contributed by atoms with E-state index in [9.17, 15) is 4.79 Å². The third-order valence-corrected chi connectivity index (χ3v) is 3.05. The van der Waals surface area contributed by atoms with Crippen molar-refractivity contribution in [2.24, 2.45) is 0 Å². The number of pyridine rings is 1. The summed E-state index contributed by atoms with van der Waals surface area (Å²) in [6.07, 6.45) is 3.28. The van der Waals surface area contributed by atoms with Crippen LogP contribution in [0.3, 0.4) is 0 Å². The quantitative estimate of drug-likeness (QED) is 0.699. The summed E-state index contributed by atoms with van der Waals surface area (Å²) in [6, 6.07) is 8.75. The molecule has 3 rings (SSSR count). The fourth-order valence-electron chi connectivity index (χ4n) is 1.95. The number of nitrogens with zero attached hydrogens (tertiary/aromatic N) is 1. The van der Waals surface area contributed by atoms with Gasteiger partial charge < -0.3 is 15.5 Å². The largest absolute Gasteiger partial charge is 0.451 e. The van der Waals surface area contributed by atoms with Crippen molar-refractivity contribution in [2.45, 2.75) is 6.92 Å². The molecule has 1 amide bonds. The van der Waals surface area contributed by atoms with E-state index in [1.807, 2.05) is 13.0 Å². The van der Waals surface area contributed by atoms with Crippen molar-refractivity contribution >= 4 is 28.3 Å². The SMILES string of the molecule is Cc1ccncc1NC(=O)c1cc2cc(N)ccc2o1. The number of nitrogens with one attached hydrogen (secondary N) is 1. The predicted octanol–water partition coefficient (Wildman–Crippen LogP) is 2.97. The first-order valence-corrected chi connectivity index (χ1v) is 6.14. The number of hydrogen-bond donors (Lipinski definition) is 2. The molecule has 2 heterocycles. The molecular formula is C15H13N3O2. The first-order valence-electron chi connectivity index (χ1n) is 6.14. The Balaban J connectivity index is 1.91. The van der Waals surface area contributed by atoms with Crippen LogP contribution >= 0.6 is 0 Å². The van der Waals surface area contributed by atoms with Gasteiger partial charge in [-0.3, -0.25) is 9.78 Å². The summed E-state index contributed by atoms with van der Waals surface area (Å²) < 4.78 is 5.51. The van der Waals surface area contributed by atoms with Crippen LogP contribution < -0.4 is 11.1 Å². The molecule has 20 heavy (non-hydrogen) atoms. The van der Waals surface area contributed by atoms with Gasteiger partial charge in [0.1, 0.15) is 5.58 Å². The van der Waals surface area contributed by atoms with E-state index in [1.54, 1.807) is 36.7 Å². The van der Waals surface area contributed by atoms with Crippen LogP contribution in [0, 0.1) is 6.92 Å². The van der Waals surface area contributed by atoms with Crippen molar-refractivity contribution in [3.63, 3.8) is 0 Å². The maximum absolute atomic E-state index is 12.2. The predicted molar refractivity (Wildman–Crippen MR) is 77.6 cm³/mol. The molecule has 3 aromatic rings. The Morgan fingerprint density at radius 1 is 1.30 bits per heavy atom. The van der Waals surface area contributed by atoms with Crippen molar-refractivity contribution in [2.75, 3.05) is 11.1 Å². The van der Waals surface area contributed by atoms with E-state index in [1.165, 1.54) is 0 Å². The topological polar surface area (TPSA) is 81.2 Å². The van der Waals surface area contributed by atoms with E-state index in [2.05, 4.69) is 10.3 Å². The molecule has 0 aliphatic heterocycles. The van der Waals surface area contributed by atoms with Crippen LogP contribution in [0.5, 0.6) is 0 Å². The van der Waals surface area contributed by atoms with Gasteiger partial charge in [0, 0.05) is 17.3 Å². The second-order valence-corrected chi connectivity index (χ2v) is 4.55. The summed E-state index contributed by atoms with van der Waals surface area (Å²) >= 11 is 0. The van der Waals surface area contributed by atoms with Crippen LogP contribution in [0.1, 0.15) is 16.1 Å². The number of hydrogen-bond acceptors (Lipinski definition) is 4. The Kier molecular flexibility index (Phi) is 2.87. The molecule has 100 valence electrons. The molecular weight excluding hydrogens is 254 g/mol. The average Bonchev–Trinajstić information content (AvgIpc) is 2.84. The summed E-state index contributed by atoms with van der Waals surface area (Å²) in [4.78, 5) is 16.1. The van der Waals surface area contributed by atoms with Gasteiger partial charge in [-0.2, -0.15) is 0 Å². The van der Waals surface area contributed by atoms with Crippen molar-refractivity contribution in [1.82, 2.24) is 4.98 Å². The molecule has 5 heteroatoms. The number of aromatic nitrogens is 1. The highest BCUT2D eigenvalue weighted by atomic mass is 16.3. The van der Waals surface area contributed by atoms with Crippen molar-refractivity contribution < 1.29 is 9.21 Å². The summed E-state index contributed by atoms with van der Waals surface area (Å²) in [5.41, 5.74) is 8.57. The van der Waals surface area contributed by atoms with Gasteiger partial charge in [-0.25, -0.2) is 0 Å². The number of carbonyl (C=O) groups excluding carboxylic acids is 1. The first-order chi connectivity index (χ1) is 9.63. The number of rotatable bonds is 2. The van der Waals surface area contributed by atoms with Gasteiger partial charge in [0.2, 0.25) is 0 Å². The highest BCUT2D eigenvalue weighted by Gasteiger charge is 2.13. The average molecular weight is 267 g/mol. The number of nitrogen functional groups attached to an aromatic ring is 1. The number of amides is 1. The number of aryl methyl sites for hydroxylation is 1. The summed E-state index contributed by atoms with van der Waals surface area (Å²) in [7, 11) is 0. The first kappa shape index (κ1) is 12.2. The van der Waals surface area contributed by atoms with E-state index in [0.29, 0.717) is 17.0 Å². The number of fused-ring (bicyclic) bond motifs is 1. The van der Waals surface area contributed by atoms with Crippen LogP contribution in [0.15, 0.2) is 47.1 Å². The van der Waals surface area contributed by atoms with Crippen molar-refractivity contribution in [3.8, 4) is 0 Å². The Morgan fingerprint density at radius 3 is 2.95 bits per heavy atom. The number of anilines is 2. The van der Waals surface area contributed by atoms with Gasteiger partial charge in [0.05, 0.1) is 11.9 Å². The van der Waals surface area contributed by atoms with Crippen LogP contribution in [-0.4, -0.2) is 10.9 Å². The molecule has 3 N–H and O–H groups in total. The van der Waals surface area contributed by atoms with Crippen molar-refractivity contribution in [3.05, 3.63) is 54.0 Å². The maximum Gasteiger partial charge on any atom is 0.291 e. The lowest BCUT2D eigenvalue weighted by molar-refractivity contribution is 0.0998. The molecule has 0 radical (unpaired) electrons. The van der Waals surface area contributed by atoms with Gasteiger partial charge in [-0.05, 0) is 42.8 Å². The van der Waals surface area contributed by atoms with E-state index in [0.717, 1.165) is 10.9 Å². The minimum absolute atomic E-state index is 0.244. The lowest BCUT2D eigenvalue weighted by atomic mass is 10.2. The molecule has 1 aromatic carbocycles. The molecule has 0 spiro atoms. The van der Waals surface area contributed by atoms with Crippen LogP contribution in [0.25, 0.3) is 11.0 Å². The van der Waals surface area contributed by atoms with Gasteiger partial charge in [0.25, 0.3) is 5.91 Å². The van der Waals surface area contributed by atoms with Gasteiger partial charge in [0.15, 0.2) is 5.76 Å². The smallest absolute Gasteiger partial charge is 0.291 e. The zero-order valence-electron chi connectivity index (χ0n) is 10.9. The monoisotopic (exact) mass is 267 g/mol. The highest BCUT2D eigenvalue weighted by molar-refractivity contribution is 6.05. The Bertz CT molecular complexity index is 793. The molecule has 0 fully saturated rings. The Labute approximate surface area is 115 Å². The lowest BCUT2D eigenvalue weighted by Crippen LogP contribution is -2.11. The van der Waals surface area contributed by atoms with E-state index in [-0.39, 0.29) is 11.7 Å². The molecule has 0 saturated carbocycles. The second kappa shape index (κ2) is 4.70. The highest BCUT2D eigenvalue weighted by Crippen LogP contribution is 2.22. The zero-order chi connectivity index (χ0) is 14.1. The normalized spacial score (nSPS) is 10.7. The molecule has 5 nitrogen and oxygen atoms in total. The number of carbonyl (C=O) groups is 1. The van der Waals surface area contributed by atoms with E-state index < -0.39 is 0 Å². The minimum atomic E-state index is -0.309. The summed E-state index contributed by atoms with van der Waals surface area (Å²) in [5.74, 6) is -0.0651. The third-order valence-electron chi connectivity index (χ3n) is 3.05. The Hall–Kier alpha value is -2.82. The fraction of sp³-hybridized carbons (Fsp3) is 0.0667. The van der Waals surface area contributed by atoms with Crippen LogP contribution in [0.2, 0.25) is 0 Å². The number of benzene rings is 1. The molecule has 0 aliphatic rings. The van der Waals surface area contributed by atoms with Gasteiger partial charge in [-0.15, -0.1) is 0 Å². The molecule has 0 unspecified atom stereocenters. The Morgan fingerprint density at radius 2 is 2.15 bits per heavy atom. The molecule has 0 saturated heterocycles. The summed E-state index contributed by atoms with van der Waals surface area (Å²) in [5, 5.41) is 3.58. The zero-order valence-corrected chi connectivity index (χ0v) is 10.9. The van der Waals surface area contributed by atoms with E-state index >= 15 is 0 Å².